The van der Waals surface area contributed by atoms with E-state index < -0.39 is 11.7 Å². The first-order valence-corrected chi connectivity index (χ1v) is 5.81. The largest absolute Gasteiger partial charge is 0.373 e. The zero-order valence-electron chi connectivity index (χ0n) is 10.6. The lowest BCUT2D eigenvalue weighted by atomic mass is 10.1. The molecular weight excluding hydrogens is 263 g/mol. The van der Waals surface area contributed by atoms with Gasteiger partial charge in [-0.2, -0.15) is 15.4 Å². The highest BCUT2D eigenvalue weighted by Crippen LogP contribution is 2.22. The molecule has 0 saturated heterocycles. The molecule has 1 aromatic carbocycles. The molecule has 1 aromatic heterocycles. The number of nitrogens with zero attached hydrogens (tertiary/aromatic N) is 2. The lowest BCUT2D eigenvalue weighted by Gasteiger charge is -2.05. The van der Waals surface area contributed by atoms with Crippen molar-refractivity contribution < 1.29 is 13.9 Å². The number of carbonyl (C=O) groups is 1. The summed E-state index contributed by atoms with van der Waals surface area (Å²) in [5, 5.41) is 9.74. The summed E-state index contributed by atoms with van der Waals surface area (Å²) in [6.07, 6.45) is 1.58. The van der Waals surface area contributed by atoms with E-state index in [1.54, 1.807) is 18.2 Å². The van der Waals surface area contributed by atoms with Gasteiger partial charge in [-0.1, -0.05) is 18.2 Å². The van der Waals surface area contributed by atoms with Crippen molar-refractivity contribution in [3.8, 4) is 11.3 Å². The summed E-state index contributed by atoms with van der Waals surface area (Å²) < 4.78 is 19.1. The molecule has 0 bridgehead atoms. The molecule has 6 nitrogen and oxygen atoms in total. The molecule has 0 spiro atoms. The maximum Gasteiger partial charge on any atom is 0.271 e. The minimum absolute atomic E-state index is 0.0277. The zero-order valence-corrected chi connectivity index (χ0v) is 10.6. The number of benzene rings is 1. The van der Waals surface area contributed by atoms with Gasteiger partial charge in [0.05, 0.1) is 13.2 Å². The van der Waals surface area contributed by atoms with Crippen LogP contribution in [-0.4, -0.2) is 27.9 Å². The summed E-state index contributed by atoms with van der Waals surface area (Å²) in [5.41, 5.74) is 6.17. The molecule has 1 heterocycles. The van der Waals surface area contributed by atoms with Crippen LogP contribution < -0.4 is 5.73 Å². The highest BCUT2D eigenvalue weighted by Gasteiger charge is 2.16. The smallest absolute Gasteiger partial charge is 0.271 e. The quantitative estimate of drug-likeness (QED) is 0.616. The second-order valence-electron chi connectivity index (χ2n) is 4.00. The molecular formula is C13H13FN4O2. The molecule has 0 unspecified atom stereocenters. The minimum Gasteiger partial charge on any atom is -0.373 e. The molecule has 7 heteroatoms. The Hall–Kier alpha value is -2.54. The van der Waals surface area contributed by atoms with E-state index in [4.69, 9.17) is 10.5 Å². The molecule has 0 aliphatic rings. The zero-order chi connectivity index (χ0) is 14.5. The van der Waals surface area contributed by atoms with Crippen molar-refractivity contribution in [2.45, 2.75) is 6.61 Å². The molecule has 0 aliphatic carbocycles. The van der Waals surface area contributed by atoms with E-state index in [0.29, 0.717) is 17.7 Å². The van der Waals surface area contributed by atoms with Gasteiger partial charge >= 0.3 is 0 Å². The number of nitrogens with two attached hydrogens (primary N) is 1. The van der Waals surface area contributed by atoms with Crippen molar-refractivity contribution in [3.05, 3.63) is 47.9 Å². The fourth-order valence-electron chi connectivity index (χ4n) is 1.67. The van der Waals surface area contributed by atoms with Gasteiger partial charge < -0.3 is 10.5 Å². The topological polar surface area (TPSA) is 93.9 Å². The number of rotatable bonds is 6. The van der Waals surface area contributed by atoms with Crippen LogP contribution in [0, 0.1) is 5.82 Å². The van der Waals surface area contributed by atoms with Crippen molar-refractivity contribution in [1.82, 2.24) is 15.4 Å². The van der Waals surface area contributed by atoms with Crippen molar-refractivity contribution in [2.75, 3.05) is 6.61 Å². The van der Waals surface area contributed by atoms with Crippen molar-refractivity contribution in [1.29, 1.82) is 0 Å². The Morgan fingerprint density at radius 2 is 2.30 bits per heavy atom. The summed E-state index contributed by atoms with van der Waals surface area (Å²) in [4.78, 5) is 11.2. The van der Waals surface area contributed by atoms with Crippen LogP contribution in [0.15, 0.2) is 30.9 Å². The van der Waals surface area contributed by atoms with Gasteiger partial charge in [0.2, 0.25) is 0 Å². The van der Waals surface area contributed by atoms with Crippen LogP contribution in [0.1, 0.15) is 16.1 Å². The number of carbonyl (C=O) groups excluding carboxylic acids is 1. The molecule has 0 aliphatic heterocycles. The predicted octanol–water partition coefficient (Wildman–Crippen LogP) is 1.41. The van der Waals surface area contributed by atoms with Crippen LogP contribution >= 0.6 is 0 Å². The molecule has 0 saturated carbocycles. The third kappa shape index (κ3) is 2.89. The first-order chi connectivity index (χ1) is 9.63. The third-order valence-corrected chi connectivity index (χ3v) is 2.60. The first-order valence-electron chi connectivity index (χ1n) is 5.81. The third-order valence-electron chi connectivity index (χ3n) is 2.60. The van der Waals surface area contributed by atoms with Crippen LogP contribution in [0.3, 0.4) is 0 Å². The normalized spacial score (nSPS) is 10.4. The fraction of sp³-hybridized carbons (Fsp3) is 0.154. The van der Waals surface area contributed by atoms with Crippen LogP contribution in [-0.2, 0) is 11.3 Å². The van der Waals surface area contributed by atoms with Crippen molar-refractivity contribution >= 4 is 5.91 Å². The second kappa shape index (κ2) is 6.07. The maximum atomic E-state index is 13.9. The van der Waals surface area contributed by atoms with E-state index in [-0.39, 0.29) is 18.0 Å². The summed E-state index contributed by atoms with van der Waals surface area (Å²) in [6.45, 7) is 3.99. The summed E-state index contributed by atoms with van der Waals surface area (Å²) in [5.74, 6) is -1.18. The van der Waals surface area contributed by atoms with Crippen LogP contribution in [0.2, 0.25) is 0 Å². The Bertz CT molecular complexity index is 639. The molecule has 2 aromatic rings. The Kier molecular flexibility index (Phi) is 4.21. The number of aromatic amines is 1. The predicted molar refractivity (Wildman–Crippen MR) is 70.1 cm³/mol. The number of nitrogens with one attached hydrogen (secondary N) is 1. The molecule has 0 radical (unpaired) electrons. The van der Waals surface area contributed by atoms with E-state index >= 15 is 0 Å². The highest BCUT2D eigenvalue weighted by molar-refractivity contribution is 5.96. The standard InChI is InChI=1S/C13H13FN4O2/c1-2-5-20-7-9-4-3-8(6-10(9)14)11-12(13(15)19)17-18-16-11/h2-4,6H,1,5,7H2,(H2,15,19)(H,16,17,18). The van der Waals surface area contributed by atoms with Crippen molar-refractivity contribution in [3.63, 3.8) is 0 Å². The maximum absolute atomic E-state index is 13.9. The molecule has 20 heavy (non-hydrogen) atoms. The minimum atomic E-state index is -0.729. The number of primary amides is 1. The monoisotopic (exact) mass is 276 g/mol. The molecule has 3 N–H and O–H groups in total. The Morgan fingerprint density at radius 3 is 2.95 bits per heavy atom. The van der Waals surface area contributed by atoms with Gasteiger partial charge in [-0.3, -0.25) is 4.79 Å². The molecule has 104 valence electrons. The number of H-pyrrole nitrogens is 1. The van der Waals surface area contributed by atoms with Gasteiger partial charge in [-0.05, 0) is 6.07 Å². The fourth-order valence-corrected chi connectivity index (χ4v) is 1.67. The lowest BCUT2D eigenvalue weighted by Crippen LogP contribution is -2.12. The average molecular weight is 276 g/mol. The second-order valence-corrected chi connectivity index (χ2v) is 4.00. The number of hydrogen-bond acceptors (Lipinski definition) is 4. The van der Waals surface area contributed by atoms with Crippen LogP contribution in [0.5, 0.6) is 0 Å². The van der Waals surface area contributed by atoms with E-state index in [9.17, 15) is 9.18 Å². The molecule has 0 atom stereocenters. The average Bonchev–Trinajstić information content (AvgIpc) is 2.90. The highest BCUT2D eigenvalue weighted by atomic mass is 19.1. The van der Waals surface area contributed by atoms with Crippen molar-refractivity contribution in [2.24, 2.45) is 5.73 Å². The molecule has 1 amide bonds. The Labute approximate surface area is 114 Å². The van der Waals surface area contributed by atoms with Gasteiger partial charge in [0.1, 0.15) is 11.5 Å². The van der Waals surface area contributed by atoms with E-state index in [2.05, 4.69) is 22.0 Å². The first kappa shape index (κ1) is 13.9. The number of amides is 1. The molecule has 0 fully saturated rings. The van der Waals surface area contributed by atoms with Crippen LogP contribution in [0.4, 0.5) is 4.39 Å². The van der Waals surface area contributed by atoms with Gasteiger partial charge in [-0.15, -0.1) is 6.58 Å². The van der Waals surface area contributed by atoms with Gasteiger partial charge in [-0.25, -0.2) is 4.39 Å². The summed E-state index contributed by atoms with van der Waals surface area (Å²) in [6, 6.07) is 4.45. The lowest BCUT2D eigenvalue weighted by molar-refractivity contribution is 0.0996. The van der Waals surface area contributed by atoms with Gasteiger partial charge in [0, 0.05) is 11.1 Å². The van der Waals surface area contributed by atoms with Gasteiger partial charge in [0.15, 0.2) is 5.69 Å². The Balaban J connectivity index is 2.26. The van der Waals surface area contributed by atoms with E-state index in [1.807, 2.05) is 0 Å². The number of ether oxygens (including phenoxy) is 1. The Morgan fingerprint density at radius 1 is 1.50 bits per heavy atom. The number of hydrogen-bond donors (Lipinski definition) is 2. The van der Waals surface area contributed by atoms with Crippen LogP contribution in [0.25, 0.3) is 11.3 Å². The number of halogens is 1. The summed E-state index contributed by atoms with van der Waals surface area (Å²) in [7, 11) is 0. The molecule has 2 rings (SSSR count). The number of aromatic nitrogens is 3. The van der Waals surface area contributed by atoms with E-state index in [1.165, 1.54) is 6.07 Å². The SMILES string of the molecule is C=CCOCc1ccc(-c2n[nH]nc2C(N)=O)cc1F. The summed E-state index contributed by atoms with van der Waals surface area (Å²) >= 11 is 0. The van der Waals surface area contributed by atoms with Gasteiger partial charge in [0.25, 0.3) is 5.91 Å². The van der Waals surface area contributed by atoms with E-state index in [0.717, 1.165) is 0 Å².